The standard InChI is InChI=1S/C16H22FNO2/c1-18(10-12-5-3-2-4-6-12)11-16(20)14-9-13(17)7-8-15(14)19/h7-9,12,19H,2-6,10-11H2,1H3. The molecule has 1 aromatic carbocycles. The van der Waals surface area contributed by atoms with Gasteiger partial charge in [-0.3, -0.25) is 9.69 Å². The van der Waals surface area contributed by atoms with Gasteiger partial charge in [0.15, 0.2) is 5.78 Å². The Morgan fingerprint density at radius 1 is 1.35 bits per heavy atom. The van der Waals surface area contributed by atoms with Gasteiger partial charge in [0, 0.05) is 6.54 Å². The highest BCUT2D eigenvalue weighted by Crippen LogP contribution is 2.24. The first-order chi connectivity index (χ1) is 9.56. The molecule has 1 aliphatic rings. The van der Waals surface area contributed by atoms with Crippen molar-refractivity contribution in [2.75, 3.05) is 20.1 Å². The van der Waals surface area contributed by atoms with Gasteiger partial charge < -0.3 is 5.11 Å². The van der Waals surface area contributed by atoms with Crippen LogP contribution < -0.4 is 0 Å². The predicted octanol–water partition coefficient (Wildman–Crippen LogP) is 3.23. The lowest BCUT2D eigenvalue weighted by Gasteiger charge is -2.26. The quantitative estimate of drug-likeness (QED) is 0.841. The van der Waals surface area contributed by atoms with Crippen LogP contribution in [-0.4, -0.2) is 35.9 Å². The highest BCUT2D eigenvalue weighted by atomic mass is 19.1. The fourth-order valence-corrected chi connectivity index (χ4v) is 2.94. The minimum absolute atomic E-state index is 0.0699. The molecule has 1 fully saturated rings. The van der Waals surface area contributed by atoms with Crippen molar-refractivity contribution in [1.29, 1.82) is 0 Å². The Balaban J connectivity index is 1.91. The smallest absolute Gasteiger partial charge is 0.180 e. The van der Waals surface area contributed by atoms with Crippen molar-refractivity contribution in [2.24, 2.45) is 5.92 Å². The van der Waals surface area contributed by atoms with Gasteiger partial charge in [0.2, 0.25) is 0 Å². The molecule has 20 heavy (non-hydrogen) atoms. The maximum absolute atomic E-state index is 13.1. The first-order valence-corrected chi connectivity index (χ1v) is 7.26. The zero-order valence-corrected chi connectivity index (χ0v) is 11.9. The van der Waals surface area contributed by atoms with Crippen molar-refractivity contribution in [2.45, 2.75) is 32.1 Å². The van der Waals surface area contributed by atoms with Crippen LogP contribution in [0, 0.1) is 11.7 Å². The van der Waals surface area contributed by atoms with Crippen molar-refractivity contribution < 1.29 is 14.3 Å². The first kappa shape index (κ1) is 15.0. The van der Waals surface area contributed by atoms with Gasteiger partial charge in [-0.05, 0) is 44.0 Å². The van der Waals surface area contributed by atoms with Crippen LogP contribution in [0.4, 0.5) is 4.39 Å². The molecule has 0 radical (unpaired) electrons. The summed E-state index contributed by atoms with van der Waals surface area (Å²) < 4.78 is 13.1. The zero-order valence-electron chi connectivity index (χ0n) is 11.9. The number of aromatic hydroxyl groups is 1. The number of phenols is 1. The van der Waals surface area contributed by atoms with Gasteiger partial charge >= 0.3 is 0 Å². The van der Waals surface area contributed by atoms with Gasteiger partial charge in [-0.2, -0.15) is 0 Å². The van der Waals surface area contributed by atoms with E-state index in [1.54, 1.807) is 0 Å². The Morgan fingerprint density at radius 3 is 2.75 bits per heavy atom. The molecule has 0 bridgehead atoms. The maximum Gasteiger partial charge on any atom is 0.180 e. The van der Waals surface area contributed by atoms with Gasteiger partial charge in [0.25, 0.3) is 0 Å². The van der Waals surface area contributed by atoms with Gasteiger partial charge in [-0.1, -0.05) is 19.3 Å². The number of hydrogen-bond acceptors (Lipinski definition) is 3. The van der Waals surface area contributed by atoms with Crippen LogP contribution in [0.2, 0.25) is 0 Å². The summed E-state index contributed by atoms with van der Waals surface area (Å²) in [6.07, 6.45) is 6.32. The normalized spacial score (nSPS) is 16.6. The minimum Gasteiger partial charge on any atom is -0.507 e. The summed E-state index contributed by atoms with van der Waals surface area (Å²) in [5, 5.41) is 9.63. The fourth-order valence-electron chi connectivity index (χ4n) is 2.94. The molecule has 1 N–H and O–H groups in total. The monoisotopic (exact) mass is 279 g/mol. The summed E-state index contributed by atoms with van der Waals surface area (Å²) in [5.41, 5.74) is 0.0699. The number of ketones is 1. The SMILES string of the molecule is CN(CC(=O)c1cc(F)ccc1O)CC1CCCCC1. The molecule has 0 amide bonds. The number of carbonyl (C=O) groups is 1. The number of carbonyl (C=O) groups excluding carboxylic acids is 1. The number of rotatable bonds is 5. The number of likely N-dealkylation sites (N-methyl/N-ethyl adjacent to an activating group) is 1. The Labute approximate surface area is 119 Å². The second kappa shape index (κ2) is 6.84. The molecule has 0 heterocycles. The average molecular weight is 279 g/mol. The highest BCUT2D eigenvalue weighted by molar-refractivity contribution is 5.99. The summed E-state index contributed by atoms with van der Waals surface area (Å²) >= 11 is 0. The van der Waals surface area contributed by atoms with E-state index in [2.05, 4.69) is 0 Å². The molecule has 0 spiro atoms. The van der Waals surface area contributed by atoms with E-state index < -0.39 is 5.82 Å². The third-order valence-corrected chi connectivity index (χ3v) is 3.97. The number of nitrogens with zero attached hydrogens (tertiary/aromatic N) is 1. The Morgan fingerprint density at radius 2 is 2.05 bits per heavy atom. The number of halogens is 1. The molecule has 110 valence electrons. The Bertz CT molecular complexity index is 470. The molecule has 0 aliphatic heterocycles. The summed E-state index contributed by atoms with van der Waals surface area (Å²) in [6, 6.07) is 3.48. The van der Waals surface area contributed by atoms with Crippen LogP contribution >= 0.6 is 0 Å². The van der Waals surface area contributed by atoms with Crippen molar-refractivity contribution in [3.63, 3.8) is 0 Å². The molecule has 1 saturated carbocycles. The maximum atomic E-state index is 13.1. The number of phenolic OH excluding ortho intramolecular Hbond substituents is 1. The highest BCUT2D eigenvalue weighted by Gasteiger charge is 2.18. The average Bonchev–Trinajstić information content (AvgIpc) is 2.42. The van der Waals surface area contributed by atoms with E-state index in [9.17, 15) is 14.3 Å². The Kier molecular flexibility index (Phi) is 5.12. The van der Waals surface area contributed by atoms with E-state index in [4.69, 9.17) is 0 Å². The molecule has 1 aromatic rings. The lowest BCUT2D eigenvalue weighted by Crippen LogP contribution is -2.31. The van der Waals surface area contributed by atoms with Gasteiger partial charge in [-0.15, -0.1) is 0 Å². The van der Waals surface area contributed by atoms with Gasteiger partial charge in [0.05, 0.1) is 12.1 Å². The third kappa shape index (κ3) is 4.04. The molecular weight excluding hydrogens is 257 g/mol. The lowest BCUT2D eigenvalue weighted by atomic mass is 9.89. The molecule has 2 rings (SSSR count). The summed E-state index contributed by atoms with van der Waals surface area (Å²) in [4.78, 5) is 14.1. The number of benzene rings is 1. The van der Waals surface area contributed by atoms with E-state index in [0.717, 1.165) is 18.7 Å². The summed E-state index contributed by atoms with van der Waals surface area (Å²) in [6.45, 7) is 1.11. The van der Waals surface area contributed by atoms with Crippen LogP contribution in [0.25, 0.3) is 0 Å². The van der Waals surface area contributed by atoms with E-state index in [-0.39, 0.29) is 23.6 Å². The van der Waals surface area contributed by atoms with Crippen molar-refractivity contribution >= 4 is 5.78 Å². The second-order valence-corrected chi connectivity index (χ2v) is 5.79. The molecule has 0 atom stereocenters. The Hall–Kier alpha value is -1.42. The molecule has 1 aliphatic carbocycles. The predicted molar refractivity (Wildman–Crippen MR) is 76.5 cm³/mol. The van der Waals surface area contributed by atoms with Crippen LogP contribution in [0.3, 0.4) is 0 Å². The molecule has 3 nitrogen and oxygen atoms in total. The summed E-state index contributed by atoms with van der Waals surface area (Å²) in [7, 11) is 1.91. The van der Waals surface area contributed by atoms with Crippen LogP contribution in [0.15, 0.2) is 18.2 Å². The molecule has 0 unspecified atom stereocenters. The topological polar surface area (TPSA) is 40.5 Å². The van der Waals surface area contributed by atoms with Crippen LogP contribution in [0.1, 0.15) is 42.5 Å². The van der Waals surface area contributed by atoms with E-state index in [1.165, 1.54) is 38.2 Å². The molecule has 4 heteroatoms. The van der Waals surface area contributed by atoms with E-state index in [0.29, 0.717) is 5.92 Å². The number of Topliss-reactive ketones (excluding diaryl/α,β-unsaturated/α-hetero) is 1. The van der Waals surface area contributed by atoms with Crippen LogP contribution in [0.5, 0.6) is 5.75 Å². The van der Waals surface area contributed by atoms with Crippen molar-refractivity contribution in [3.05, 3.63) is 29.6 Å². The third-order valence-electron chi connectivity index (χ3n) is 3.97. The summed E-state index contributed by atoms with van der Waals surface area (Å²) in [5.74, 6) is -0.230. The molecular formula is C16H22FNO2. The zero-order chi connectivity index (χ0) is 14.5. The first-order valence-electron chi connectivity index (χ1n) is 7.26. The second-order valence-electron chi connectivity index (χ2n) is 5.79. The molecule has 0 aromatic heterocycles. The molecule has 0 saturated heterocycles. The van der Waals surface area contributed by atoms with Gasteiger partial charge in [0.1, 0.15) is 11.6 Å². The minimum atomic E-state index is -0.499. The van der Waals surface area contributed by atoms with Crippen molar-refractivity contribution in [3.8, 4) is 5.75 Å². The fraction of sp³-hybridized carbons (Fsp3) is 0.562. The van der Waals surface area contributed by atoms with Crippen LogP contribution in [-0.2, 0) is 0 Å². The lowest BCUT2D eigenvalue weighted by molar-refractivity contribution is 0.0929. The van der Waals surface area contributed by atoms with E-state index >= 15 is 0 Å². The number of hydrogen-bond donors (Lipinski definition) is 1. The van der Waals surface area contributed by atoms with Crippen molar-refractivity contribution in [1.82, 2.24) is 4.90 Å². The van der Waals surface area contributed by atoms with E-state index in [1.807, 2.05) is 11.9 Å². The van der Waals surface area contributed by atoms with Gasteiger partial charge in [-0.25, -0.2) is 4.39 Å². The largest absolute Gasteiger partial charge is 0.507 e.